The van der Waals surface area contributed by atoms with Gasteiger partial charge in [0, 0.05) is 5.69 Å². The summed E-state index contributed by atoms with van der Waals surface area (Å²) in [7, 11) is 0. The number of rotatable bonds is 9. The van der Waals surface area contributed by atoms with Crippen LogP contribution in [0.5, 0.6) is 11.5 Å². The molecule has 184 valence electrons. The fourth-order valence-electron chi connectivity index (χ4n) is 3.58. The van der Waals surface area contributed by atoms with Crippen LogP contribution in [0.1, 0.15) is 22.3 Å². The van der Waals surface area contributed by atoms with Gasteiger partial charge in [0.1, 0.15) is 36.4 Å². The number of nitrogens with zero attached hydrogens (tertiary/aromatic N) is 1. The Morgan fingerprint density at radius 1 is 0.892 bits per heavy atom. The number of carbonyl (C=O) groups excluding carboxylic acids is 1. The zero-order valence-electron chi connectivity index (χ0n) is 20.3. The van der Waals surface area contributed by atoms with Crippen LogP contribution < -0.4 is 14.8 Å². The molecule has 0 spiro atoms. The van der Waals surface area contributed by atoms with Gasteiger partial charge in [-0.1, -0.05) is 66.2 Å². The second kappa shape index (κ2) is 12.6. The van der Waals surface area contributed by atoms with Crippen molar-refractivity contribution in [2.75, 3.05) is 5.32 Å². The Labute approximate surface area is 225 Å². The molecule has 4 aromatic rings. The highest BCUT2D eigenvalue weighted by atomic mass is 79.9. The molecule has 37 heavy (non-hydrogen) atoms. The maximum absolute atomic E-state index is 12.7. The van der Waals surface area contributed by atoms with Crippen molar-refractivity contribution in [3.05, 3.63) is 129 Å². The van der Waals surface area contributed by atoms with E-state index >= 15 is 0 Å². The van der Waals surface area contributed by atoms with Gasteiger partial charge in [-0.05, 0) is 82.0 Å². The molecule has 0 fully saturated rings. The van der Waals surface area contributed by atoms with Crippen LogP contribution in [0.3, 0.4) is 0 Å². The van der Waals surface area contributed by atoms with Crippen molar-refractivity contribution in [2.45, 2.75) is 20.1 Å². The number of halogens is 1. The normalized spacial score (nSPS) is 10.9. The smallest absolute Gasteiger partial charge is 0.266 e. The van der Waals surface area contributed by atoms with Gasteiger partial charge in [0.05, 0.1) is 4.47 Å². The molecular formula is C31H25BrN2O3. The maximum Gasteiger partial charge on any atom is 0.266 e. The minimum atomic E-state index is -0.489. The molecule has 0 atom stereocenters. The quantitative estimate of drug-likeness (QED) is 0.173. The van der Waals surface area contributed by atoms with Crippen LogP contribution in [0, 0.1) is 18.3 Å². The van der Waals surface area contributed by atoms with Crippen molar-refractivity contribution in [2.24, 2.45) is 0 Å². The van der Waals surface area contributed by atoms with Crippen molar-refractivity contribution in [3.63, 3.8) is 0 Å². The predicted octanol–water partition coefficient (Wildman–Crippen LogP) is 7.46. The van der Waals surface area contributed by atoms with E-state index in [4.69, 9.17) is 9.47 Å². The Morgan fingerprint density at radius 2 is 1.62 bits per heavy atom. The summed E-state index contributed by atoms with van der Waals surface area (Å²) in [4.78, 5) is 12.7. The van der Waals surface area contributed by atoms with Gasteiger partial charge in [-0.15, -0.1) is 0 Å². The van der Waals surface area contributed by atoms with Crippen LogP contribution in [-0.4, -0.2) is 5.91 Å². The molecule has 1 amide bonds. The molecule has 0 radical (unpaired) electrons. The number of anilines is 1. The number of aryl methyl sites for hydroxylation is 1. The van der Waals surface area contributed by atoms with E-state index in [9.17, 15) is 10.1 Å². The minimum Gasteiger partial charge on any atom is -0.489 e. The third-order valence-corrected chi connectivity index (χ3v) is 6.09. The molecule has 1 N–H and O–H groups in total. The van der Waals surface area contributed by atoms with Gasteiger partial charge >= 0.3 is 0 Å². The van der Waals surface area contributed by atoms with Crippen molar-refractivity contribution >= 4 is 33.6 Å². The Kier molecular flexibility index (Phi) is 8.75. The van der Waals surface area contributed by atoms with Crippen LogP contribution >= 0.6 is 15.9 Å². The second-order valence-corrected chi connectivity index (χ2v) is 9.24. The average molecular weight is 553 g/mol. The van der Waals surface area contributed by atoms with E-state index in [1.165, 1.54) is 5.56 Å². The summed E-state index contributed by atoms with van der Waals surface area (Å²) in [5.74, 6) is 0.875. The zero-order valence-corrected chi connectivity index (χ0v) is 21.9. The molecular weight excluding hydrogens is 528 g/mol. The molecule has 4 rings (SSSR count). The first-order chi connectivity index (χ1) is 18.0. The Balaban J connectivity index is 1.36. The third kappa shape index (κ3) is 7.57. The summed E-state index contributed by atoms with van der Waals surface area (Å²) in [5.41, 5.74) is 4.58. The first-order valence-electron chi connectivity index (χ1n) is 11.7. The summed E-state index contributed by atoms with van der Waals surface area (Å²) in [6.45, 7) is 2.94. The second-order valence-electron chi connectivity index (χ2n) is 8.39. The van der Waals surface area contributed by atoms with Gasteiger partial charge in [0.25, 0.3) is 5.91 Å². The van der Waals surface area contributed by atoms with Gasteiger partial charge in [0.2, 0.25) is 0 Å². The monoisotopic (exact) mass is 552 g/mol. The summed E-state index contributed by atoms with van der Waals surface area (Å²) in [6, 6.07) is 32.5. The molecule has 0 aliphatic heterocycles. The lowest BCUT2D eigenvalue weighted by atomic mass is 10.1. The minimum absolute atomic E-state index is 0.00951. The molecule has 0 aromatic heterocycles. The number of hydrogen-bond acceptors (Lipinski definition) is 4. The van der Waals surface area contributed by atoms with Gasteiger partial charge in [-0.3, -0.25) is 4.79 Å². The predicted molar refractivity (Wildman–Crippen MR) is 149 cm³/mol. The highest BCUT2D eigenvalue weighted by molar-refractivity contribution is 9.10. The number of benzene rings is 4. The molecule has 4 aromatic carbocycles. The van der Waals surface area contributed by atoms with Crippen molar-refractivity contribution in [1.29, 1.82) is 5.26 Å². The van der Waals surface area contributed by atoms with Crippen LogP contribution in [0.15, 0.2) is 107 Å². The molecule has 0 saturated heterocycles. The number of ether oxygens (including phenoxy) is 2. The van der Waals surface area contributed by atoms with E-state index in [-0.39, 0.29) is 5.57 Å². The van der Waals surface area contributed by atoms with E-state index in [0.717, 1.165) is 15.6 Å². The summed E-state index contributed by atoms with van der Waals surface area (Å²) in [5, 5.41) is 12.3. The van der Waals surface area contributed by atoms with Crippen LogP contribution in [-0.2, 0) is 18.0 Å². The molecule has 0 unspecified atom stereocenters. The highest BCUT2D eigenvalue weighted by Gasteiger charge is 2.11. The zero-order chi connectivity index (χ0) is 26.0. The summed E-state index contributed by atoms with van der Waals surface area (Å²) in [6.07, 6.45) is 1.54. The number of nitriles is 1. The van der Waals surface area contributed by atoms with Crippen LogP contribution in [0.4, 0.5) is 5.69 Å². The van der Waals surface area contributed by atoms with E-state index < -0.39 is 5.91 Å². The summed E-state index contributed by atoms with van der Waals surface area (Å²) < 4.78 is 12.4. The van der Waals surface area contributed by atoms with E-state index in [1.807, 2.05) is 73.7 Å². The standard InChI is InChI=1S/C31H25BrN2O3/c1-22-6-5-9-25(16-22)21-37-30-15-10-24(18-29(30)32)17-26(19-33)31(35)34-27-11-13-28(14-12-27)36-20-23-7-3-2-4-8-23/h2-18H,20-21H2,1H3,(H,34,35)/b26-17+. The largest absolute Gasteiger partial charge is 0.489 e. The summed E-state index contributed by atoms with van der Waals surface area (Å²) >= 11 is 3.52. The molecule has 0 aliphatic rings. The maximum atomic E-state index is 12.7. The number of carbonyl (C=O) groups is 1. The van der Waals surface area contributed by atoms with Crippen LogP contribution in [0.2, 0.25) is 0 Å². The van der Waals surface area contributed by atoms with E-state index in [0.29, 0.717) is 36.0 Å². The third-order valence-electron chi connectivity index (χ3n) is 5.47. The lowest BCUT2D eigenvalue weighted by molar-refractivity contribution is -0.112. The molecule has 0 heterocycles. The van der Waals surface area contributed by atoms with E-state index in [2.05, 4.69) is 27.3 Å². The number of amides is 1. The Hall–Kier alpha value is -4.34. The fourth-order valence-corrected chi connectivity index (χ4v) is 4.09. The lowest BCUT2D eigenvalue weighted by Gasteiger charge is -2.10. The molecule has 0 aliphatic carbocycles. The van der Waals surface area contributed by atoms with Crippen molar-refractivity contribution < 1.29 is 14.3 Å². The SMILES string of the molecule is Cc1cccc(COc2ccc(/C=C(\C#N)C(=O)Nc3ccc(OCc4ccccc4)cc3)cc2Br)c1. The van der Waals surface area contributed by atoms with E-state index in [1.54, 1.807) is 36.4 Å². The molecule has 6 heteroatoms. The topological polar surface area (TPSA) is 71.3 Å². The van der Waals surface area contributed by atoms with Gasteiger partial charge in [-0.2, -0.15) is 5.26 Å². The highest BCUT2D eigenvalue weighted by Crippen LogP contribution is 2.28. The van der Waals surface area contributed by atoms with Gasteiger partial charge in [-0.25, -0.2) is 0 Å². The molecule has 0 bridgehead atoms. The number of nitrogens with one attached hydrogen (secondary N) is 1. The van der Waals surface area contributed by atoms with Gasteiger partial charge in [0.15, 0.2) is 0 Å². The lowest BCUT2D eigenvalue weighted by Crippen LogP contribution is -2.13. The Morgan fingerprint density at radius 3 is 2.32 bits per heavy atom. The van der Waals surface area contributed by atoms with Crippen LogP contribution in [0.25, 0.3) is 6.08 Å². The van der Waals surface area contributed by atoms with Gasteiger partial charge < -0.3 is 14.8 Å². The average Bonchev–Trinajstić information content (AvgIpc) is 2.91. The number of hydrogen-bond donors (Lipinski definition) is 1. The molecule has 0 saturated carbocycles. The first kappa shape index (κ1) is 25.7. The first-order valence-corrected chi connectivity index (χ1v) is 12.5. The molecule has 5 nitrogen and oxygen atoms in total. The fraction of sp³-hybridized carbons (Fsp3) is 0.0968. The Bertz CT molecular complexity index is 1440. The van der Waals surface area contributed by atoms with Crippen molar-refractivity contribution in [3.8, 4) is 17.6 Å². The van der Waals surface area contributed by atoms with Crippen molar-refractivity contribution in [1.82, 2.24) is 0 Å².